The quantitative estimate of drug-likeness (QED) is 0.364. The summed E-state index contributed by atoms with van der Waals surface area (Å²) in [5.41, 5.74) is 1.67. The van der Waals surface area contributed by atoms with Crippen LogP contribution in [0.25, 0.3) is 11.0 Å². The van der Waals surface area contributed by atoms with Crippen LogP contribution in [0.4, 0.5) is 0 Å². The molecule has 0 unspecified atom stereocenters. The summed E-state index contributed by atoms with van der Waals surface area (Å²) in [4.78, 5) is 15.9. The van der Waals surface area contributed by atoms with E-state index < -0.39 is 0 Å². The Balaban J connectivity index is 1.49. The van der Waals surface area contributed by atoms with Gasteiger partial charge in [0.1, 0.15) is 12.2 Å². The van der Waals surface area contributed by atoms with Gasteiger partial charge in [0.15, 0.2) is 17.3 Å². The van der Waals surface area contributed by atoms with Gasteiger partial charge in [-0.05, 0) is 48.2 Å². The molecular formula is C24H23NO4S. The highest BCUT2D eigenvalue weighted by Crippen LogP contribution is 2.30. The summed E-state index contributed by atoms with van der Waals surface area (Å²) in [7, 11) is 1.62. The number of thiophene rings is 1. The number of amides is 1. The molecule has 0 saturated heterocycles. The average molecular weight is 422 g/mol. The lowest BCUT2D eigenvalue weighted by Crippen LogP contribution is -2.30. The molecule has 154 valence electrons. The number of furan rings is 1. The van der Waals surface area contributed by atoms with E-state index >= 15 is 0 Å². The van der Waals surface area contributed by atoms with E-state index in [1.807, 2.05) is 66.9 Å². The van der Waals surface area contributed by atoms with Gasteiger partial charge in [-0.1, -0.05) is 30.3 Å². The minimum Gasteiger partial charge on any atom is -0.493 e. The van der Waals surface area contributed by atoms with Crippen LogP contribution in [-0.4, -0.2) is 24.5 Å². The van der Waals surface area contributed by atoms with E-state index in [-0.39, 0.29) is 5.91 Å². The van der Waals surface area contributed by atoms with Crippen LogP contribution >= 0.6 is 11.3 Å². The molecule has 4 rings (SSSR count). The van der Waals surface area contributed by atoms with Gasteiger partial charge in [0.25, 0.3) is 5.91 Å². The van der Waals surface area contributed by atoms with Gasteiger partial charge in [0, 0.05) is 23.4 Å². The molecule has 0 radical (unpaired) electrons. The number of hydrogen-bond acceptors (Lipinski definition) is 5. The molecule has 30 heavy (non-hydrogen) atoms. The van der Waals surface area contributed by atoms with Crippen LogP contribution < -0.4 is 9.47 Å². The number of hydrogen-bond donors (Lipinski definition) is 0. The highest BCUT2D eigenvalue weighted by Gasteiger charge is 2.19. The van der Waals surface area contributed by atoms with E-state index in [4.69, 9.17) is 13.9 Å². The number of ether oxygens (including phenoxy) is 2. The predicted molar refractivity (Wildman–Crippen MR) is 118 cm³/mol. The molecule has 1 amide bonds. The second-order valence-electron chi connectivity index (χ2n) is 6.82. The Morgan fingerprint density at radius 2 is 1.93 bits per heavy atom. The molecule has 0 saturated carbocycles. The van der Waals surface area contributed by atoms with Crippen molar-refractivity contribution in [3.8, 4) is 11.5 Å². The van der Waals surface area contributed by atoms with Crippen molar-refractivity contribution in [2.75, 3.05) is 13.7 Å². The summed E-state index contributed by atoms with van der Waals surface area (Å²) in [6.45, 7) is 3.47. The molecule has 0 aliphatic carbocycles. The van der Waals surface area contributed by atoms with Crippen LogP contribution in [0.5, 0.6) is 11.5 Å². The number of para-hydroxylation sites is 1. The normalized spacial score (nSPS) is 10.9. The smallest absolute Gasteiger partial charge is 0.289 e. The maximum Gasteiger partial charge on any atom is 0.289 e. The van der Waals surface area contributed by atoms with Crippen LogP contribution in [0.2, 0.25) is 0 Å². The molecule has 0 atom stereocenters. The Morgan fingerprint density at radius 1 is 1.07 bits per heavy atom. The summed E-state index contributed by atoms with van der Waals surface area (Å²) < 4.78 is 17.2. The van der Waals surface area contributed by atoms with E-state index in [0.717, 1.165) is 15.8 Å². The van der Waals surface area contributed by atoms with Gasteiger partial charge in [-0.3, -0.25) is 4.79 Å². The molecule has 6 heteroatoms. The van der Waals surface area contributed by atoms with Gasteiger partial charge >= 0.3 is 0 Å². The fraction of sp³-hybridized carbons (Fsp3) is 0.208. The number of nitrogens with zero attached hydrogens (tertiary/aromatic N) is 1. The van der Waals surface area contributed by atoms with Crippen LogP contribution in [0.1, 0.15) is 27.9 Å². The SMILES string of the molecule is CCN(Cc1ccc(OCc2cccs2)c(OC)c1)C(=O)c1cc2ccccc2o1. The summed E-state index contributed by atoms with van der Waals surface area (Å²) in [5, 5.41) is 2.95. The standard InChI is InChI=1S/C24H23NO4S/c1-3-25(24(26)23-14-18-7-4-5-9-20(18)29-23)15-17-10-11-21(22(13-17)27-2)28-16-19-8-6-12-30-19/h4-14H,3,15-16H2,1-2H3. The molecule has 2 aromatic carbocycles. The van der Waals surface area contributed by atoms with Crippen LogP contribution in [-0.2, 0) is 13.2 Å². The minimum absolute atomic E-state index is 0.134. The van der Waals surface area contributed by atoms with Crippen molar-refractivity contribution in [3.63, 3.8) is 0 Å². The largest absolute Gasteiger partial charge is 0.493 e. The molecule has 2 heterocycles. The monoisotopic (exact) mass is 421 g/mol. The van der Waals surface area contributed by atoms with Gasteiger partial charge < -0.3 is 18.8 Å². The van der Waals surface area contributed by atoms with Crippen molar-refractivity contribution in [1.29, 1.82) is 0 Å². The number of rotatable bonds is 8. The van der Waals surface area contributed by atoms with Crippen LogP contribution in [0.3, 0.4) is 0 Å². The lowest BCUT2D eigenvalue weighted by molar-refractivity contribution is 0.0722. The molecule has 0 bridgehead atoms. The highest BCUT2D eigenvalue weighted by molar-refractivity contribution is 7.09. The highest BCUT2D eigenvalue weighted by atomic mass is 32.1. The zero-order chi connectivity index (χ0) is 20.9. The van der Waals surface area contributed by atoms with Crippen molar-refractivity contribution in [1.82, 2.24) is 4.90 Å². The summed E-state index contributed by atoms with van der Waals surface area (Å²) in [6, 6.07) is 19.2. The Morgan fingerprint density at radius 3 is 2.67 bits per heavy atom. The molecule has 0 aliphatic rings. The fourth-order valence-corrected chi connectivity index (χ4v) is 3.88. The number of fused-ring (bicyclic) bond motifs is 1. The maximum atomic E-state index is 13.0. The lowest BCUT2D eigenvalue weighted by atomic mass is 10.1. The summed E-state index contributed by atoms with van der Waals surface area (Å²) in [5.74, 6) is 1.55. The fourth-order valence-electron chi connectivity index (χ4n) is 3.26. The van der Waals surface area contributed by atoms with Gasteiger partial charge in [-0.15, -0.1) is 11.3 Å². The second kappa shape index (κ2) is 9.05. The van der Waals surface area contributed by atoms with Crippen molar-refractivity contribution in [3.05, 3.63) is 82.2 Å². The molecular weight excluding hydrogens is 398 g/mol. The average Bonchev–Trinajstić information content (AvgIpc) is 3.45. The summed E-state index contributed by atoms with van der Waals surface area (Å²) in [6.07, 6.45) is 0. The minimum atomic E-state index is -0.134. The Bertz CT molecular complexity index is 1100. The van der Waals surface area contributed by atoms with E-state index in [9.17, 15) is 4.79 Å². The van der Waals surface area contributed by atoms with Gasteiger partial charge in [0.2, 0.25) is 0 Å². The maximum absolute atomic E-state index is 13.0. The predicted octanol–water partition coefficient (Wildman–Crippen LogP) is 5.74. The van der Waals surface area contributed by atoms with Crippen molar-refractivity contribution >= 4 is 28.2 Å². The topological polar surface area (TPSA) is 51.9 Å². The molecule has 4 aromatic rings. The number of carbonyl (C=O) groups excluding carboxylic acids is 1. The molecule has 0 spiro atoms. The molecule has 2 aromatic heterocycles. The zero-order valence-corrected chi connectivity index (χ0v) is 17.8. The van der Waals surface area contributed by atoms with Gasteiger partial charge in [-0.2, -0.15) is 0 Å². The zero-order valence-electron chi connectivity index (χ0n) is 17.0. The third-order valence-corrected chi connectivity index (χ3v) is 5.71. The lowest BCUT2D eigenvalue weighted by Gasteiger charge is -2.20. The molecule has 0 N–H and O–H groups in total. The van der Waals surface area contributed by atoms with Crippen molar-refractivity contribution in [2.24, 2.45) is 0 Å². The van der Waals surface area contributed by atoms with E-state index in [0.29, 0.717) is 42.5 Å². The number of methoxy groups -OCH3 is 1. The second-order valence-corrected chi connectivity index (χ2v) is 7.85. The van der Waals surface area contributed by atoms with Gasteiger partial charge in [0.05, 0.1) is 7.11 Å². The third-order valence-electron chi connectivity index (χ3n) is 4.86. The number of carbonyl (C=O) groups is 1. The Hall–Kier alpha value is -3.25. The first-order valence-electron chi connectivity index (χ1n) is 9.78. The third kappa shape index (κ3) is 4.33. The Kier molecular flexibility index (Phi) is 6.05. The Labute approximate surface area is 179 Å². The van der Waals surface area contributed by atoms with E-state index in [1.165, 1.54) is 0 Å². The van der Waals surface area contributed by atoms with Crippen molar-refractivity contribution < 1.29 is 18.7 Å². The van der Waals surface area contributed by atoms with E-state index in [1.54, 1.807) is 29.4 Å². The number of benzene rings is 2. The molecule has 5 nitrogen and oxygen atoms in total. The van der Waals surface area contributed by atoms with Gasteiger partial charge in [-0.25, -0.2) is 0 Å². The van der Waals surface area contributed by atoms with Crippen LogP contribution in [0.15, 0.2) is 70.5 Å². The molecule has 0 fully saturated rings. The first-order chi connectivity index (χ1) is 14.7. The molecule has 0 aliphatic heterocycles. The summed E-state index contributed by atoms with van der Waals surface area (Å²) >= 11 is 1.65. The van der Waals surface area contributed by atoms with Crippen molar-refractivity contribution in [2.45, 2.75) is 20.1 Å². The van der Waals surface area contributed by atoms with E-state index in [2.05, 4.69) is 0 Å². The first kappa shape index (κ1) is 20.0. The van der Waals surface area contributed by atoms with Crippen LogP contribution in [0, 0.1) is 0 Å². The first-order valence-corrected chi connectivity index (χ1v) is 10.7.